The van der Waals surface area contributed by atoms with Gasteiger partial charge in [-0.25, -0.2) is 0 Å². The predicted molar refractivity (Wildman–Crippen MR) is 71.3 cm³/mol. The summed E-state index contributed by atoms with van der Waals surface area (Å²) in [6.45, 7) is 1.78. The summed E-state index contributed by atoms with van der Waals surface area (Å²) in [6.07, 6.45) is 0. The van der Waals surface area contributed by atoms with E-state index in [0.717, 1.165) is 0 Å². The molecule has 0 aliphatic rings. The molecule has 6 nitrogen and oxygen atoms in total. The number of rotatable bonds is 7. The zero-order valence-corrected chi connectivity index (χ0v) is 11.7. The lowest BCUT2D eigenvalue weighted by molar-refractivity contribution is 0.0194. The average molecular weight is 271 g/mol. The molecule has 0 aromatic heterocycles. The standard InChI is InChI=1S/C13H21NO5/c1-13(15,7-14)8-19-9-5-10(16-2)12(18-4)11(6-9)17-3/h5-6,15H,7-8,14H2,1-4H3. The number of methoxy groups -OCH3 is 3. The van der Waals surface area contributed by atoms with Crippen molar-refractivity contribution in [2.45, 2.75) is 12.5 Å². The van der Waals surface area contributed by atoms with Crippen LogP contribution in [0.3, 0.4) is 0 Å². The minimum absolute atomic E-state index is 0.0716. The fourth-order valence-corrected chi connectivity index (χ4v) is 1.44. The molecule has 0 saturated carbocycles. The van der Waals surface area contributed by atoms with Gasteiger partial charge in [-0.3, -0.25) is 0 Å². The first-order chi connectivity index (χ1) is 8.97. The SMILES string of the molecule is COc1cc(OCC(C)(O)CN)cc(OC)c1OC. The van der Waals surface area contributed by atoms with Crippen molar-refractivity contribution in [2.24, 2.45) is 5.73 Å². The lowest BCUT2D eigenvalue weighted by atomic mass is 10.1. The van der Waals surface area contributed by atoms with E-state index in [1.54, 1.807) is 19.1 Å². The van der Waals surface area contributed by atoms with Crippen LogP contribution in [-0.4, -0.2) is 45.2 Å². The van der Waals surface area contributed by atoms with Gasteiger partial charge < -0.3 is 29.8 Å². The predicted octanol–water partition coefficient (Wildman–Crippen LogP) is 0.801. The number of ether oxygens (including phenoxy) is 4. The van der Waals surface area contributed by atoms with Crippen LogP contribution in [-0.2, 0) is 0 Å². The van der Waals surface area contributed by atoms with E-state index in [0.29, 0.717) is 23.0 Å². The van der Waals surface area contributed by atoms with E-state index in [1.807, 2.05) is 0 Å². The van der Waals surface area contributed by atoms with Gasteiger partial charge in [0.15, 0.2) is 11.5 Å². The molecule has 0 aliphatic carbocycles. The number of hydrogen-bond acceptors (Lipinski definition) is 6. The quantitative estimate of drug-likeness (QED) is 0.763. The fraction of sp³-hybridized carbons (Fsp3) is 0.538. The summed E-state index contributed by atoms with van der Waals surface area (Å²) in [6, 6.07) is 3.32. The topological polar surface area (TPSA) is 83.2 Å². The average Bonchev–Trinajstić information content (AvgIpc) is 2.43. The first-order valence-electron chi connectivity index (χ1n) is 5.82. The second-order valence-corrected chi connectivity index (χ2v) is 4.35. The van der Waals surface area contributed by atoms with Crippen molar-refractivity contribution in [1.29, 1.82) is 0 Å². The second kappa shape index (κ2) is 6.49. The highest BCUT2D eigenvalue weighted by Crippen LogP contribution is 2.40. The van der Waals surface area contributed by atoms with E-state index < -0.39 is 5.60 Å². The molecule has 1 aromatic rings. The molecule has 1 rings (SSSR count). The summed E-state index contributed by atoms with van der Waals surface area (Å²) in [7, 11) is 4.58. The van der Waals surface area contributed by atoms with E-state index in [2.05, 4.69) is 0 Å². The highest BCUT2D eigenvalue weighted by molar-refractivity contribution is 5.55. The third-order valence-corrected chi connectivity index (χ3v) is 2.63. The molecule has 19 heavy (non-hydrogen) atoms. The molecule has 1 aromatic carbocycles. The zero-order valence-electron chi connectivity index (χ0n) is 11.7. The minimum Gasteiger partial charge on any atom is -0.493 e. The Balaban J connectivity index is 2.97. The van der Waals surface area contributed by atoms with Crippen LogP contribution >= 0.6 is 0 Å². The van der Waals surface area contributed by atoms with Gasteiger partial charge in [0.25, 0.3) is 0 Å². The molecular formula is C13H21NO5. The van der Waals surface area contributed by atoms with Gasteiger partial charge in [-0.2, -0.15) is 0 Å². The van der Waals surface area contributed by atoms with Gasteiger partial charge in [-0.05, 0) is 6.92 Å². The zero-order chi connectivity index (χ0) is 14.5. The molecule has 3 N–H and O–H groups in total. The van der Waals surface area contributed by atoms with E-state index in [-0.39, 0.29) is 13.2 Å². The molecule has 1 atom stereocenters. The van der Waals surface area contributed by atoms with Gasteiger partial charge in [0.2, 0.25) is 5.75 Å². The molecule has 0 radical (unpaired) electrons. The molecule has 6 heteroatoms. The highest BCUT2D eigenvalue weighted by Gasteiger charge is 2.20. The Morgan fingerprint density at radius 2 is 1.63 bits per heavy atom. The van der Waals surface area contributed by atoms with E-state index >= 15 is 0 Å². The third-order valence-electron chi connectivity index (χ3n) is 2.63. The molecule has 0 saturated heterocycles. The van der Waals surface area contributed by atoms with Crippen LogP contribution in [0.1, 0.15) is 6.92 Å². The maximum absolute atomic E-state index is 9.80. The van der Waals surface area contributed by atoms with E-state index in [4.69, 9.17) is 24.7 Å². The van der Waals surface area contributed by atoms with Crippen LogP contribution in [0.25, 0.3) is 0 Å². The van der Waals surface area contributed by atoms with Crippen molar-refractivity contribution in [3.8, 4) is 23.0 Å². The smallest absolute Gasteiger partial charge is 0.203 e. The van der Waals surface area contributed by atoms with Gasteiger partial charge in [0, 0.05) is 18.7 Å². The Kier molecular flexibility index (Phi) is 5.26. The van der Waals surface area contributed by atoms with E-state index in [1.165, 1.54) is 21.3 Å². The molecule has 0 aliphatic heterocycles. The Bertz CT molecular complexity index is 394. The number of benzene rings is 1. The fourth-order valence-electron chi connectivity index (χ4n) is 1.44. The Labute approximate surface area is 113 Å². The van der Waals surface area contributed by atoms with Crippen molar-refractivity contribution in [2.75, 3.05) is 34.5 Å². The molecule has 0 fully saturated rings. The van der Waals surface area contributed by atoms with Crippen LogP contribution < -0.4 is 24.7 Å². The number of hydrogen-bond donors (Lipinski definition) is 2. The Morgan fingerprint density at radius 1 is 1.11 bits per heavy atom. The van der Waals surface area contributed by atoms with Gasteiger partial charge in [-0.15, -0.1) is 0 Å². The molecule has 0 heterocycles. The Hall–Kier alpha value is -1.66. The molecular weight excluding hydrogens is 250 g/mol. The van der Waals surface area contributed by atoms with Crippen LogP contribution in [0.2, 0.25) is 0 Å². The van der Waals surface area contributed by atoms with Gasteiger partial charge in [0.05, 0.1) is 21.3 Å². The first kappa shape index (κ1) is 15.4. The largest absolute Gasteiger partial charge is 0.493 e. The van der Waals surface area contributed by atoms with Crippen LogP contribution in [0.5, 0.6) is 23.0 Å². The van der Waals surface area contributed by atoms with Gasteiger partial charge >= 0.3 is 0 Å². The van der Waals surface area contributed by atoms with Crippen molar-refractivity contribution >= 4 is 0 Å². The Morgan fingerprint density at radius 3 is 2.00 bits per heavy atom. The third kappa shape index (κ3) is 3.90. The molecule has 108 valence electrons. The molecule has 0 spiro atoms. The molecule has 1 unspecified atom stereocenters. The van der Waals surface area contributed by atoms with Gasteiger partial charge in [-0.1, -0.05) is 0 Å². The van der Waals surface area contributed by atoms with Crippen molar-refractivity contribution in [1.82, 2.24) is 0 Å². The minimum atomic E-state index is -1.08. The highest BCUT2D eigenvalue weighted by atomic mass is 16.5. The number of aliphatic hydroxyl groups is 1. The maximum Gasteiger partial charge on any atom is 0.203 e. The summed E-state index contributed by atoms with van der Waals surface area (Å²) in [5.74, 6) is 1.97. The molecule has 0 bridgehead atoms. The lowest BCUT2D eigenvalue weighted by Gasteiger charge is -2.22. The number of nitrogens with two attached hydrogens (primary N) is 1. The molecule has 0 amide bonds. The van der Waals surface area contributed by atoms with Crippen molar-refractivity contribution in [3.63, 3.8) is 0 Å². The summed E-state index contributed by atoms with van der Waals surface area (Å²) in [4.78, 5) is 0. The summed E-state index contributed by atoms with van der Waals surface area (Å²) in [5, 5.41) is 9.80. The second-order valence-electron chi connectivity index (χ2n) is 4.35. The van der Waals surface area contributed by atoms with E-state index in [9.17, 15) is 5.11 Å². The lowest BCUT2D eigenvalue weighted by Crippen LogP contribution is -2.40. The van der Waals surface area contributed by atoms with Crippen LogP contribution in [0.15, 0.2) is 12.1 Å². The summed E-state index contributed by atoms with van der Waals surface area (Å²) in [5.41, 5.74) is 4.35. The van der Waals surface area contributed by atoms with Crippen LogP contribution in [0.4, 0.5) is 0 Å². The van der Waals surface area contributed by atoms with Crippen molar-refractivity contribution < 1.29 is 24.1 Å². The van der Waals surface area contributed by atoms with Crippen molar-refractivity contribution in [3.05, 3.63) is 12.1 Å². The van der Waals surface area contributed by atoms with Gasteiger partial charge in [0.1, 0.15) is 18.0 Å². The normalized spacial score (nSPS) is 13.6. The summed E-state index contributed by atoms with van der Waals surface area (Å²) < 4.78 is 21.1. The first-order valence-corrected chi connectivity index (χ1v) is 5.82. The maximum atomic E-state index is 9.80. The monoisotopic (exact) mass is 271 g/mol. The summed E-state index contributed by atoms with van der Waals surface area (Å²) >= 11 is 0. The van der Waals surface area contributed by atoms with Crippen LogP contribution in [0, 0.1) is 0 Å².